The molecule has 0 saturated heterocycles. The molecule has 3 nitrogen and oxygen atoms in total. The van der Waals surface area contributed by atoms with Crippen LogP contribution in [0, 0.1) is 6.92 Å². The van der Waals surface area contributed by atoms with E-state index in [0.717, 1.165) is 28.3 Å². The van der Waals surface area contributed by atoms with E-state index in [0.29, 0.717) is 12.1 Å². The zero-order chi connectivity index (χ0) is 14.5. The van der Waals surface area contributed by atoms with Crippen LogP contribution in [-0.4, -0.2) is 5.91 Å². The third kappa shape index (κ3) is 3.59. The number of hydrogen-bond donors (Lipinski definition) is 2. The first-order valence-electron chi connectivity index (χ1n) is 6.41. The smallest absolute Gasteiger partial charge is 0.248 e. The Morgan fingerprint density at radius 2 is 1.85 bits per heavy atom. The zero-order valence-electron chi connectivity index (χ0n) is 11.3. The van der Waals surface area contributed by atoms with Gasteiger partial charge in [0.1, 0.15) is 0 Å². The number of aryl methyl sites for hydroxylation is 1. The first-order valence-corrected chi connectivity index (χ1v) is 6.79. The molecule has 4 heteroatoms. The second-order valence-electron chi connectivity index (χ2n) is 4.70. The number of benzene rings is 2. The molecule has 0 aliphatic heterocycles. The van der Waals surface area contributed by atoms with Gasteiger partial charge in [-0.1, -0.05) is 35.9 Å². The van der Waals surface area contributed by atoms with Gasteiger partial charge in [-0.05, 0) is 41.8 Å². The summed E-state index contributed by atoms with van der Waals surface area (Å²) >= 11 is 6.10. The van der Waals surface area contributed by atoms with Gasteiger partial charge in [0.15, 0.2) is 0 Å². The van der Waals surface area contributed by atoms with Gasteiger partial charge < -0.3 is 11.1 Å². The molecule has 0 aromatic heterocycles. The maximum atomic E-state index is 11.1. The molecule has 0 bridgehead atoms. The maximum absolute atomic E-state index is 11.1. The summed E-state index contributed by atoms with van der Waals surface area (Å²) in [5.74, 6) is -0.399. The van der Waals surface area contributed by atoms with Crippen LogP contribution in [-0.2, 0) is 13.1 Å². The molecule has 0 fully saturated rings. The number of hydrogen-bond acceptors (Lipinski definition) is 2. The van der Waals surface area contributed by atoms with Gasteiger partial charge in [-0.25, -0.2) is 0 Å². The topological polar surface area (TPSA) is 55.1 Å². The van der Waals surface area contributed by atoms with Gasteiger partial charge in [-0.2, -0.15) is 0 Å². The highest BCUT2D eigenvalue weighted by Gasteiger charge is 2.04. The summed E-state index contributed by atoms with van der Waals surface area (Å²) in [5, 5.41) is 4.11. The number of primary amides is 1. The third-order valence-corrected chi connectivity index (χ3v) is 3.58. The number of halogens is 1. The van der Waals surface area contributed by atoms with E-state index in [-0.39, 0.29) is 0 Å². The summed E-state index contributed by atoms with van der Waals surface area (Å²) < 4.78 is 0. The van der Waals surface area contributed by atoms with Crippen LogP contribution in [0.15, 0.2) is 42.5 Å². The lowest BCUT2D eigenvalue weighted by molar-refractivity contribution is 0.1000. The van der Waals surface area contributed by atoms with Crippen molar-refractivity contribution in [2.24, 2.45) is 5.73 Å². The zero-order valence-corrected chi connectivity index (χ0v) is 12.1. The van der Waals surface area contributed by atoms with Crippen molar-refractivity contribution >= 4 is 17.5 Å². The molecule has 2 aromatic rings. The number of rotatable bonds is 5. The summed E-state index contributed by atoms with van der Waals surface area (Å²) in [4.78, 5) is 11.1. The molecule has 0 saturated carbocycles. The van der Waals surface area contributed by atoms with E-state index in [1.54, 1.807) is 6.07 Å². The van der Waals surface area contributed by atoms with Crippen LogP contribution in [0.1, 0.15) is 27.0 Å². The number of nitrogens with one attached hydrogen (secondary N) is 1. The van der Waals surface area contributed by atoms with Crippen molar-refractivity contribution in [1.29, 1.82) is 0 Å². The van der Waals surface area contributed by atoms with Gasteiger partial charge in [0.2, 0.25) is 5.91 Å². The minimum atomic E-state index is -0.399. The molecule has 0 unspecified atom stereocenters. The standard InChI is InChI=1S/C16H17ClN2O/c1-11-8-12(16(18)20)6-7-13(11)9-19-10-14-4-2-3-5-15(14)17/h2-8,19H,9-10H2,1H3,(H2,18,20). The number of carbonyl (C=O) groups excluding carboxylic acids is 1. The second kappa shape index (κ2) is 6.55. The second-order valence-corrected chi connectivity index (χ2v) is 5.11. The summed E-state index contributed by atoms with van der Waals surface area (Å²) in [6.07, 6.45) is 0. The van der Waals surface area contributed by atoms with Crippen molar-refractivity contribution in [3.8, 4) is 0 Å². The Kier molecular flexibility index (Phi) is 4.77. The van der Waals surface area contributed by atoms with Crippen LogP contribution in [0.2, 0.25) is 5.02 Å². The number of nitrogens with two attached hydrogens (primary N) is 1. The molecule has 0 spiro atoms. The largest absolute Gasteiger partial charge is 0.366 e. The molecule has 3 N–H and O–H groups in total. The van der Waals surface area contributed by atoms with Crippen molar-refractivity contribution in [3.05, 3.63) is 69.7 Å². The van der Waals surface area contributed by atoms with Gasteiger partial charge in [-0.3, -0.25) is 4.79 Å². The van der Waals surface area contributed by atoms with Crippen LogP contribution in [0.3, 0.4) is 0 Å². The van der Waals surface area contributed by atoms with Gasteiger partial charge in [0.05, 0.1) is 0 Å². The molecular weight excluding hydrogens is 272 g/mol. The highest BCUT2D eigenvalue weighted by molar-refractivity contribution is 6.31. The van der Waals surface area contributed by atoms with E-state index in [1.165, 1.54) is 0 Å². The van der Waals surface area contributed by atoms with Crippen LogP contribution in [0.25, 0.3) is 0 Å². The minimum absolute atomic E-state index is 0.399. The Bertz CT molecular complexity index is 626. The Labute approximate surface area is 123 Å². The fraction of sp³-hybridized carbons (Fsp3) is 0.188. The number of amides is 1. The Balaban J connectivity index is 1.98. The molecule has 0 heterocycles. The lowest BCUT2D eigenvalue weighted by Gasteiger charge is -2.10. The molecule has 0 radical (unpaired) electrons. The molecule has 0 aliphatic carbocycles. The Morgan fingerprint density at radius 3 is 2.50 bits per heavy atom. The van der Waals surface area contributed by atoms with E-state index in [9.17, 15) is 4.79 Å². The van der Waals surface area contributed by atoms with Crippen LogP contribution in [0.4, 0.5) is 0 Å². The molecule has 2 aromatic carbocycles. The molecule has 104 valence electrons. The predicted octanol–water partition coefficient (Wildman–Crippen LogP) is 3.04. The van der Waals surface area contributed by atoms with Crippen LogP contribution >= 0.6 is 11.6 Å². The van der Waals surface area contributed by atoms with Gasteiger partial charge in [0.25, 0.3) is 0 Å². The number of carbonyl (C=O) groups is 1. The van der Waals surface area contributed by atoms with Gasteiger partial charge in [0, 0.05) is 23.7 Å². The first kappa shape index (κ1) is 14.6. The molecule has 2 rings (SSSR count). The first-order chi connectivity index (χ1) is 9.58. The van der Waals surface area contributed by atoms with Crippen molar-refractivity contribution < 1.29 is 4.79 Å². The summed E-state index contributed by atoms with van der Waals surface area (Å²) in [7, 11) is 0. The molecule has 1 amide bonds. The van der Waals surface area contributed by atoms with Crippen molar-refractivity contribution in [3.63, 3.8) is 0 Å². The lowest BCUT2D eigenvalue weighted by atomic mass is 10.0. The SMILES string of the molecule is Cc1cc(C(N)=O)ccc1CNCc1ccccc1Cl. The molecule has 20 heavy (non-hydrogen) atoms. The third-order valence-electron chi connectivity index (χ3n) is 3.22. The van der Waals surface area contributed by atoms with E-state index >= 15 is 0 Å². The van der Waals surface area contributed by atoms with Crippen LogP contribution < -0.4 is 11.1 Å². The Morgan fingerprint density at radius 1 is 1.15 bits per heavy atom. The molecular formula is C16H17ClN2O. The summed E-state index contributed by atoms with van der Waals surface area (Å²) in [6, 6.07) is 13.3. The van der Waals surface area contributed by atoms with E-state index in [2.05, 4.69) is 5.32 Å². The summed E-state index contributed by atoms with van der Waals surface area (Å²) in [6.45, 7) is 3.39. The van der Waals surface area contributed by atoms with E-state index in [1.807, 2.05) is 43.3 Å². The van der Waals surface area contributed by atoms with E-state index in [4.69, 9.17) is 17.3 Å². The predicted molar refractivity (Wildman–Crippen MR) is 81.7 cm³/mol. The highest BCUT2D eigenvalue weighted by atomic mass is 35.5. The Hall–Kier alpha value is -1.84. The normalized spacial score (nSPS) is 10.5. The lowest BCUT2D eigenvalue weighted by Crippen LogP contribution is -2.15. The molecule has 0 atom stereocenters. The van der Waals surface area contributed by atoms with Gasteiger partial charge in [-0.15, -0.1) is 0 Å². The summed E-state index contributed by atoms with van der Waals surface area (Å²) in [5.41, 5.74) is 9.06. The monoisotopic (exact) mass is 288 g/mol. The fourth-order valence-electron chi connectivity index (χ4n) is 2.02. The highest BCUT2D eigenvalue weighted by Crippen LogP contribution is 2.15. The van der Waals surface area contributed by atoms with Gasteiger partial charge >= 0.3 is 0 Å². The maximum Gasteiger partial charge on any atom is 0.248 e. The fourth-order valence-corrected chi connectivity index (χ4v) is 2.22. The molecule has 0 aliphatic rings. The minimum Gasteiger partial charge on any atom is -0.366 e. The van der Waals surface area contributed by atoms with Crippen molar-refractivity contribution in [2.75, 3.05) is 0 Å². The van der Waals surface area contributed by atoms with E-state index < -0.39 is 5.91 Å². The van der Waals surface area contributed by atoms with Crippen molar-refractivity contribution in [2.45, 2.75) is 20.0 Å². The van der Waals surface area contributed by atoms with Crippen molar-refractivity contribution in [1.82, 2.24) is 5.32 Å². The average molecular weight is 289 g/mol. The van der Waals surface area contributed by atoms with Crippen LogP contribution in [0.5, 0.6) is 0 Å². The average Bonchev–Trinajstić information content (AvgIpc) is 2.42. The quantitative estimate of drug-likeness (QED) is 0.888.